The number of carbonyl (C=O) groups excluding carboxylic acids is 1. The summed E-state index contributed by atoms with van der Waals surface area (Å²) in [5, 5.41) is 11.5. The predicted octanol–water partition coefficient (Wildman–Crippen LogP) is 1.51. The van der Waals surface area contributed by atoms with Crippen LogP contribution in [0.1, 0.15) is 11.8 Å². The Morgan fingerprint density at radius 2 is 2.46 bits per heavy atom. The molecule has 0 aliphatic heterocycles. The lowest BCUT2D eigenvalue weighted by molar-refractivity contribution is -0.128. The van der Waals surface area contributed by atoms with Crippen LogP contribution in [0.2, 0.25) is 0 Å². The molecule has 1 unspecified atom stereocenters. The first-order valence-corrected chi connectivity index (χ1v) is 5.40. The standard InChI is InChI=1S/C8H10BrNO2S/c1-5(11)8(12)10-4-6-2-3-7(9)13-6/h2-3,5,11H,4H2,1H3,(H,10,12). The van der Waals surface area contributed by atoms with Gasteiger partial charge in [-0.1, -0.05) is 0 Å². The number of rotatable bonds is 3. The number of carbonyl (C=O) groups is 1. The molecule has 1 aromatic heterocycles. The molecule has 0 bridgehead atoms. The second-order valence-corrected chi connectivity index (χ2v) is 5.15. The third-order valence-corrected chi connectivity index (χ3v) is 3.07. The quantitative estimate of drug-likeness (QED) is 0.869. The topological polar surface area (TPSA) is 49.3 Å². The minimum atomic E-state index is -0.941. The number of aliphatic hydroxyl groups is 1. The Kier molecular flexibility index (Phi) is 3.90. The highest BCUT2D eigenvalue weighted by atomic mass is 79.9. The first-order valence-electron chi connectivity index (χ1n) is 3.79. The Hall–Kier alpha value is -0.390. The molecular formula is C8H10BrNO2S. The van der Waals surface area contributed by atoms with Crippen molar-refractivity contribution in [3.05, 3.63) is 20.8 Å². The molecule has 3 nitrogen and oxygen atoms in total. The highest BCUT2D eigenvalue weighted by Gasteiger charge is 2.07. The maximum Gasteiger partial charge on any atom is 0.248 e. The molecule has 13 heavy (non-hydrogen) atoms. The van der Waals surface area contributed by atoms with E-state index in [4.69, 9.17) is 5.11 Å². The van der Waals surface area contributed by atoms with Crippen LogP contribution in [0.3, 0.4) is 0 Å². The molecule has 0 radical (unpaired) electrons. The molecule has 72 valence electrons. The first kappa shape index (κ1) is 10.7. The Morgan fingerprint density at radius 1 is 1.77 bits per heavy atom. The molecule has 0 saturated heterocycles. The van der Waals surface area contributed by atoms with Gasteiger partial charge >= 0.3 is 0 Å². The SMILES string of the molecule is CC(O)C(=O)NCc1ccc(Br)s1. The van der Waals surface area contributed by atoms with E-state index in [-0.39, 0.29) is 5.91 Å². The van der Waals surface area contributed by atoms with Gasteiger partial charge in [-0.2, -0.15) is 0 Å². The van der Waals surface area contributed by atoms with Crippen molar-refractivity contribution in [2.75, 3.05) is 0 Å². The van der Waals surface area contributed by atoms with Crippen LogP contribution in [0.4, 0.5) is 0 Å². The number of hydrogen-bond donors (Lipinski definition) is 2. The van der Waals surface area contributed by atoms with Crippen LogP contribution in [-0.2, 0) is 11.3 Å². The van der Waals surface area contributed by atoms with Gasteiger partial charge in [0.25, 0.3) is 0 Å². The van der Waals surface area contributed by atoms with Crippen molar-refractivity contribution >= 4 is 33.2 Å². The highest BCUT2D eigenvalue weighted by molar-refractivity contribution is 9.11. The van der Waals surface area contributed by atoms with Crippen LogP contribution in [0.15, 0.2) is 15.9 Å². The number of amides is 1. The van der Waals surface area contributed by atoms with Gasteiger partial charge in [-0.3, -0.25) is 4.79 Å². The Balaban J connectivity index is 2.39. The summed E-state index contributed by atoms with van der Waals surface area (Å²) in [7, 11) is 0. The average molecular weight is 264 g/mol. The molecule has 0 saturated carbocycles. The molecule has 1 heterocycles. The van der Waals surface area contributed by atoms with Crippen molar-refractivity contribution in [3.8, 4) is 0 Å². The summed E-state index contributed by atoms with van der Waals surface area (Å²) in [6.07, 6.45) is -0.941. The first-order chi connectivity index (χ1) is 6.09. The van der Waals surface area contributed by atoms with E-state index >= 15 is 0 Å². The van der Waals surface area contributed by atoms with Gasteiger partial charge < -0.3 is 10.4 Å². The molecule has 0 aromatic carbocycles. The lowest BCUT2D eigenvalue weighted by Gasteiger charge is -2.04. The minimum Gasteiger partial charge on any atom is -0.384 e. The number of halogens is 1. The third kappa shape index (κ3) is 3.46. The predicted molar refractivity (Wildman–Crippen MR) is 55.5 cm³/mol. The zero-order valence-electron chi connectivity index (χ0n) is 7.08. The van der Waals surface area contributed by atoms with Crippen molar-refractivity contribution in [2.45, 2.75) is 19.6 Å². The molecule has 1 atom stereocenters. The molecule has 0 aliphatic carbocycles. The van der Waals surface area contributed by atoms with E-state index in [2.05, 4.69) is 21.2 Å². The second kappa shape index (κ2) is 4.74. The lowest BCUT2D eigenvalue weighted by Crippen LogP contribution is -2.31. The molecule has 5 heteroatoms. The largest absolute Gasteiger partial charge is 0.384 e. The second-order valence-electron chi connectivity index (χ2n) is 2.60. The minimum absolute atomic E-state index is 0.343. The van der Waals surface area contributed by atoms with Crippen molar-refractivity contribution in [2.24, 2.45) is 0 Å². The summed E-state index contributed by atoms with van der Waals surface area (Å²) in [6, 6.07) is 3.85. The Labute approximate surface area is 88.9 Å². The van der Waals surface area contributed by atoms with Crippen LogP contribution >= 0.6 is 27.3 Å². The lowest BCUT2D eigenvalue weighted by atomic mass is 10.3. The Bertz CT molecular complexity index is 298. The van der Waals surface area contributed by atoms with Crippen LogP contribution in [-0.4, -0.2) is 17.1 Å². The van der Waals surface area contributed by atoms with Crippen LogP contribution in [0.25, 0.3) is 0 Å². The molecule has 2 N–H and O–H groups in total. The molecule has 0 aliphatic rings. The maximum absolute atomic E-state index is 11.0. The van der Waals surface area contributed by atoms with Gasteiger partial charge in [-0.05, 0) is 35.0 Å². The van der Waals surface area contributed by atoms with Gasteiger partial charge in [0.2, 0.25) is 5.91 Å². The summed E-state index contributed by atoms with van der Waals surface area (Å²) in [4.78, 5) is 12.0. The summed E-state index contributed by atoms with van der Waals surface area (Å²) < 4.78 is 1.04. The van der Waals surface area contributed by atoms with E-state index in [0.717, 1.165) is 8.66 Å². The molecular weight excluding hydrogens is 254 g/mol. The molecule has 1 aromatic rings. The van der Waals surface area contributed by atoms with Gasteiger partial charge in [0, 0.05) is 4.88 Å². The Morgan fingerprint density at radius 3 is 2.92 bits per heavy atom. The smallest absolute Gasteiger partial charge is 0.248 e. The normalized spacial score (nSPS) is 12.5. The zero-order chi connectivity index (χ0) is 9.84. The fourth-order valence-electron chi connectivity index (χ4n) is 0.769. The summed E-state index contributed by atoms with van der Waals surface area (Å²) in [5.74, 6) is -0.343. The highest BCUT2D eigenvalue weighted by Crippen LogP contribution is 2.21. The van der Waals surface area contributed by atoms with E-state index in [1.54, 1.807) is 11.3 Å². The van der Waals surface area contributed by atoms with Crippen molar-refractivity contribution in [3.63, 3.8) is 0 Å². The van der Waals surface area contributed by atoms with E-state index < -0.39 is 6.10 Å². The summed E-state index contributed by atoms with van der Waals surface area (Å²) in [6.45, 7) is 1.92. The summed E-state index contributed by atoms with van der Waals surface area (Å²) in [5.41, 5.74) is 0. The van der Waals surface area contributed by atoms with Gasteiger partial charge in [-0.25, -0.2) is 0 Å². The maximum atomic E-state index is 11.0. The van der Waals surface area contributed by atoms with Crippen molar-refractivity contribution in [1.82, 2.24) is 5.32 Å². The molecule has 0 fully saturated rings. The number of nitrogens with one attached hydrogen (secondary N) is 1. The fourth-order valence-corrected chi connectivity index (χ4v) is 2.19. The van der Waals surface area contributed by atoms with Crippen molar-refractivity contribution in [1.29, 1.82) is 0 Å². The van der Waals surface area contributed by atoms with Gasteiger partial charge in [0.15, 0.2) is 0 Å². The molecule has 1 rings (SSSR count). The summed E-state index contributed by atoms with van der Waals surface area (Å²) >= 11 is 4.89. The van der Waals surface area contributed by atoms with Gasteiger partial charge in [0.1, 0.15) is 6.10 Å². The van der Waals surface area contributed by atoms with Crippen LogP contribution in [0, 0.1) is 0 Å². The van der Waals surface area contributed by atoms with E-state index in [0.29, 0.717) is 6.54 Å². The number of thiophene rings is 1. The molecule has 0 spiro atoms. The monoisotopic (exact) mass is 263 g/mol. The third-order valence-electron chi connectivity index (χ3n) is 1.45. The average Bonchev–Trinajstić information content (AvgIpc) is 2.47. The molecule has 1 amide bonds. The number of hydrogen-bond acceptors (Lipinski definition) is 3. The number of aliphatic hydroxyl groups excluding tert-OH is 1. The van der Waals surface area contributed by atoms with Gasteiger partial charge in [-0.15, -0.1) is 11.3 Å². The van der Waals surface area contributed by atoms with E-state index in [9.17, 15) is 4.79 Å². The fraction of sp³-hybridized carbons (Fsp3) is 0.375. The van der Waals surface area contributed by atoms with E-state index in [1.807, 2.05) is 12.1 Å². The van der Waals surface area contributed by atoms with E-state index in [1.165, 1.54) is 6.92 Å². The zero-order valence-corrected chi connectivity index (χ0v) is 9.48. The van der Waals surface area contributed by atoms with Crippen LogP contribution in [0.5, 0.6) is 0 Å². The van der Waals surface area contributed by atoms with Crippen LogP contribution < -0.4 is 5.32 Å². The van der Waals surface area contributed by atoms with Crippen molar-refractivity contribution < 1.29 is 9.90 Å². The van der Waals surface area contributed by atoms with Gasteiger partial charge in [0.05, 0.1) is 10.3 Å².